The van der Waals surface area contributed by atoms with E-state index < -0.39 is 0 Å². The molecule has 106 valence electrons. The molecule has 0 atom stereocenters. The fourth-order valence-corrected chi connectivity index (χ4v) is 2.80. The third kappa shape index (κ3) is 3.14. The van der Waals surface area contributed by atoms with Crippen molar-refractivity contribution in [1.82, 2.24) is 9.78 Å². The minimum atomic E-state index is -0.184. The first-order valence-electron chi connectivity index (χ1n) is 5.75. The number of hydrogen-bond acceptors (Lipinski definition) is 3. The number of carbonyl (C=O) groups excluding carboxylic acids is 1. The predicted molar refractivity (Wildman–Crippen MR) is 84.4 cm³/mol. The van der Waals surface area contributed by atoms with Crippen LogP contribution in [0, 0.1) is 0 Å². The number of aromatic nitrogens is 2. The normalized spacial score (nSPS) is 10.8. The van der Waals surface area contributed by atoms with Crippen LogP contribution in [-0.2, 0) is 11.3 Å². The molecule has 0 radical (unpaired) electrons. The quantitative estimate of drug-likeness (QED) is 0.686. The topological polar surface area (TPSA) is 44.1 Å². The molecule has 4 nitrogen and oxygen atoms in total. The number of ketones is 1. The van der Waals surface area contributed by atoms with Crippen molar-refractivity contribution in [3.8, 4) is 0 Å². The van der Waals surface area contributed by atoms with Crippen molar-refractivity contribution in [2.24, 2.45) is 0 Å². The van der Waals surface area contributed by atoms with Gasteiger partial charge in [0.25, 0.3) is 0 Å². The van der Waals surface area contributed by atoms with Gasteiger partial charge in [-0.05, 0) is 44.0 Å². The molecule has 2 rings (SSSR count). The maximum Gasteiger partial charge on any atom is 0.213 e. The molecule has 1 heterocycles. The Morgan fingerprint density at radius 1 is 1.40 bits per heavy atom. The van der Waals surface area contributed by atoms with Crippen molar-refractivity contribution < 1.29 is 9.53 Å². The number of methoxy groups -OCH3 is 1. The highest BCUT2D eigenvalue weighted by atomic mass is 79.9. The molecule has 0 aliphatic rings. The van der Waals surface area contributed by atoms with Gasteiger partial charge >= 0.3 is 0 Å². The van der Waals surface area contributed by atoms with Crippen LogP contribution in [0.1, 0.15) is 16.1 Å². The van der Waals surface area contributed by atoms with Crippen LogP contribution in [0.15, 0.2) is 33.3 Å². The van der Waals surface area contributed by atoms with E-state index in [0.717, 1.165) is 0 Å². The number of hydrogen-bond donors (Lipinski definition) is 0. The lowest BCUT2D eigenvalue weighted by atomic mass is 10.1. The third-order valence-corrected chi connectivity index (χ3v) is 4.59. The van der Waals surface area contributed by atoms with Gasteiger partial charge in [-0.3, -0.25) is 9.48 Å². The second kappa shape index (κ2) is 6.85. The van der Waals surface area contributed by atoms with Crippen molar-refractivity contribution in [3.05, 3.63) is 49.6 Å². The molecule has 0 fully saturated rings. The average molecular weight is 423 g/mol. The summed E-state index contributed by atoms with van der Waals surface area (Å²) >= 11 is 12.8. The van der Waals surface area contributed by atoms with Crippen LogP contribution < -0.4 is 0 Å². The highest BCUT2D eigenvalue weighted by molar-refractivity contribution is 9.10. The molecular weight excluding hydrogens is 411 g/mol. The lowest BCUT2D eigenvalue weighted by Gasteiger charge is -2.09. The zero-order valence-corrected chi connectivity index (χ0v) is 14.5. The number of rotatable bonds is 5. The van der Waals surface area contributed by atoms with Gasteiger partial charge in [-0.1, -0.05) is 17.7 Å². The first-order chi connectivity index (χ1) is 9.56. The number of halogens is 3. The van der Waals surface area contributed by atoms with Gasteiger partial charge in [0.1, 0.15) is 5.69 Å². The van der Waals surface area contributed by atoms with Gasteiger partial charge in [-0.25, -0.2) is 0 Å². The summed E-state index contributed by atoms with van der Waals surface area (Å²) in [5, 5.41) is 4.56. The fourth-order valence-electron chi connectivity index (χ4n) is 1.74. The summed E-state index contributed by atoms with van der Waals surface area (Å²) in [5.74, 6) is -0.184. The molecule has 0 saturated carbocycles. The molecule has 0 unspecified atom stereocenters. The molecule has 0 amide bonds. The van der Waals surface area contributed by atoms with Crippen LogP contribution in [0.4, 0.5) is 0 Å². The molecule has 0 N–H and O–H groups in total. The van der Waals surface area contributed by atoms with E-state index in [-0.39, 0.29) is 5.78 Å². The lowest BCUT2D eigenvalue weighted by Crippen LogP contribution is -2.15. The summed E-state index contributed by atoms with van der Waals surface area (Å²) in [6.07, 6.45) is 1.59. The van der Waals surface area contributed by atoms with Gasteiger partial charge in [-0.2, -0.15) is 5.10 Å². The lowest BCUT2D eigenvalue weighted by molar-refractivity contribution is 0.102. The summed E-state index contributed by atoms with van der Waals surface area (Å²) in [7, 11) is 1.60. The summed E-state index contributed by atoms with van der Waals surface area (Å²) in [4.78, 5) is 12.6. The van der Waals surface area contributed by atoms with Crippen molar-refractivity contribution in [2.45, 2.75) is 6.54 Å². The molecule has 1 aromatic heterocycles. The zero-order chi connectivity index (χ0) is 14.7. The Morgan fingerprint density at radius 2 is 2.15 bits per heavy atom. The van der Waals surface area contributed by atoms with E-state index in [9.17, 15) is 4.79 Å². The predicted octanol–water partition coefficient (Wildman–Crippen LogP) is 3.94. The third-order valence-electron chi connectivity index (χ3n) is 2.71. The molecule has 7 heteroatoms. The van der Waals surface area contributed by atoms with Gasteiger partial charge in [0, 0.05) is 17.1 Å². The van der Waals surface area contributed by atoms with Crippen LogP contribution >= 0.6 is 43.5 Å². The molecule has 0 aliphatic carbocycles. The van der Waals surface area contributed by atoms with Gasteiger partial charge < -0.3 is 4.74 Å². The Bertz CT molecular complexity index is 643. The largest absolute Gasteiger partial charge is 0.383 e. The number of carbonyl (C=O) groups is 1. The number of benzene rings is 1. The molecule has 20 heavy (non-hydrogen) atoms. The smallest absolute Gasteiger partial charge is 0.213 e. The summed E-state index contributed by atoms with van der Waals surface area (Å²) < 4.78 is 7.94. The minimum absolute atomic E-state index is 0.184. The van der Waals surface area contributed by atoms with E-state index in [1.807, 2.05) is 0 Å². The van der Waals surface area contributed by atoms with Crippen LogP contribution in [-0.4, -0.2) is 29.3 Å². The van der Waals surface area contributed by atoms with E-state index >= 15 is 0 Å². The van der Waals surface area contributed by atoms with E-state index in [1.165, 1.54) is 0 Å². The molecule has 0 saturated heterocycles. The Kier molecular flexibility index (Phi) is 5.37. The summed E-state index contributed by atoms with van der Waals surface area (Å²) in [6.45, 7) is 0.968. The maximum atomic E-state index is 12.6. The Labute approximate surface area is 138 Å². The minimum Gasteiger partial charge on any atom is -0.383 e. The van der Waals surface area contributed by atoms with Crippen LogP contribution in [0.2, 0.25) is 5.02 Å². The highest BCUT2D eigenvalue weighted by Gasteiger charge is 2.21. The maximum absolute atomic E-state index is 12.6. The van der Waals surface area contributed by atoms with Gasteiger partial charge in [0.2, 0.25) is 5.78 Å². The standard InChI is InChI=1S/C13H11Br2ClN2O2/c1-20-6-5-18-12(10(15)7-17-18)13(19)8-3-2-4-9(14)11(8)16/h2-4,7H,5-6H2,1H3. The fraction of sp³-hybridized carbons (Fsp3) is 0.231. The van der Waals surface area contributed by atoms with Gasteiger partial charge in [0.15, 0.2) is 0 Å². The van der Waals surface area contributed by atoms with E-state index in [2.05, 4.69) is 37.0 Å². The Morgan fingerprint density at radius 3 is 2.85 bits per heavy atom. The zero-order valence-electron chi connectivity index (χ0n) is 10.6. The Hall–Kier alpha value is -0.690. The van der Waals surface area contributed by atoms with Crippen LogP contribution in [0.25, 0.3) is 0 Å². The second-order valence-electron chi connectivity index (χ2n) is 3.99. The van der Waals surface area contributed by atoms with Crippen molar-refractivity contribution in [3.63, 3.8) is 0 Å². The van der Waals surface area contributed by atoms with E-state index in [0.29, 0.717) is 38.4 Å². The van der Waals surface area contributed by atoms with Crippen molar-refractivity contribution in [1.29, 1.82) is 0 Å². The first kappa shape index (κ1) is 15.7. The summed E-state index contributed by atoms with van der Waals surface area (Å²) in [5.41, 5.74) is 0.892. The molecule has 0 bridgehead atoms. The number of nitrogens with zero attached hydrogens (tertiary/aromatic N) is 2. The Balaban J connectivity index is 2.43. The second-order valence-corrected chi connectivity index (χ2v) is 6.07. The van der Waals surface area contributed by atoms with Crippen LogP contribution in [0.3, 0.4) is 0 Å². The van der Waals surface area contributed by atoms with Crippen molar-refractivity contribution >= 4 is 49.2 Å². The van der Waals surface area contributed by atoms with Gasteiger partial charge in [-0.15, -0.1) is 0 Å². The van der Waals surface area contributed by atoms with Gasteiger partial charge in [0.05, 0.1) is 28.8 Å². The molecule has 0 aliphatic heterocycles. The summed E-state index contributed by atoms with van der Waals surface area (Å²) in [6, 6.07) is 5.25. The molecule has 1 aromatic carbocycles. The van der Waals surface area contributed by atoms with E-state index in [4.69, 9.17) is 16.3 Å². The molecule has 0 spiro atoms. The highest BCUT2D eigenvalue weighted by Crippen LogP contribution is 2.29. The average Bonchev–Trinajstić information content (AvgIpc) is 2.80. The molecule has 2 aromatic rings. The van der Waals surface area contributed by atoms with Crippen LogP contribution in [0.5, 0.6) is 0 Å². The van der Waals surface area contributed by atoms with E-state index in [1.54, 1.807) is 36.2 Å². The molecular formula is C13H11Br2ClN2O2. The SMILES string of the molecule is COCCn1ncc(Br)c1C(=O)c1cccc(Br)c1Cl. The first-order valence-corrected chi connectivity index (χ1v) is 7.71. The van der Waals surface area contributed by atoms with Crippen molar-refractivity contribution in [2.75, 3.05) is 13.7 Å². The number of ether oxygens (including phenoxy) is 1. The monoisotopic (exact) mass is 420 g/mol.